The minimum absolute atomic E-state index is 0.0937. The first-order valence-electron chi connectivity index (χ1n) is 6.74. The fraction of sp³-hybridized carbons (Fsp3) is 0.467. The van der Waals surface area contributed by atoms with Crippen molar-refractivity contribution >= 4 is 12.1 Å². The van der Waals surface area contributed by atoms with E-state index in [0.717, 1.165) is 5.56 Å². The van der Waals surface area contributed by atoms with Crippen LogP contribution >= 0.6 is 0 Å². The molecule has 0 fully saturated rings. The normalized spacial score (nSPS) is 14.0. The van der Waals surface area contributed by atoms with Crippen LogP contribution < -0.4 is 5.32 Å². The van der Waals surface area contributed by atoms with Crippen LogP contribution in [0.4, 0.5) is 4.79 Å². The molecule has 0 aromatic heterocycles. The van der Waals surface area contributed by atoms with Gasteiger partial charge in [-0.3, -0.25) is 5.32 Å². The van der Waals surface area contributed by atoms with E-state index in [1.165, 1.54) is 0 Å². The topological polar surface area (TPSA) is 105 Å². The van der Waals surface area contributed by atoms with E-state index in [-0.39, 0.29) is 6.54 Å². The quantitative estimate of drug-likeness (QED) is 0.540. The summed E-state index contributed by atoms with van der Waals surface area (Å²) in [7, 11) is 0. The molecule has 22 heavy (non-hydrogen) atoms. The van der Waals surface area contributed by atoms with Crippen LogP contribution in [-0.2, 0) is 20.8 Å². The highest BCUT2D eigenvalue weighted by Gasteiger charge is 2.43. The predicted octanol–water partition coefficient (Wildman–Crippen LogP) is 1.50. The summed E-state index contributed by atoms with van der Waals surface area (Å²) >= 11 is 0. The van der Waals surface area contributed by atoms with Crippen LogP contribution in [0, 0.1) is 0 Å². The number of aliphatic hydroxyl groups excluding tert-OH is 1. The van der Waals surface area contributed by atoms with Gasteiger partial charge in [0.25, 0.3) is 5.72 Å². The molecule has 0 saturated heterocycles. The van der Waals surface area contributed by atoms with E-state index in [2.05, 4.69) is 5.32 Å². The molecule has 0 aliphatic rings. The van der Waals surface area contributed by atoms with Crippen LogP contribution in [0.2, 0.25) is 0 Å². The summed E-state index contributed by atoms with van der Waals surface area (Å²) in [5, 5.41) is 21.2. The lowest BCUT2D eigenvalue weighted by Crippen LogP contribution is -2.58. The van der Waals surface area contributed by atoms with Gasteiger partial charge in [0.05, 0.1) is 0 Å². The van der Waals surface area contributed by atoms with Gasteiger partial charge in [-0.15, -0.1) is 0 Å². The second-order valence-corrected chi connectivity index (χ2v) is 5.70. The molecule has 0 unspecified atom stereocenters. The van der Waals surface area contributed by atoms with Gasteiger partial charge in [0.15, 0.2) is 0 Å². The van der Waals surface area contributed by atoms with Crippen molar-refractivity contribution in [3.05, 3.63) is 35.9 Å². The van der Waals surface area contributed by atoms with E-state index in [4.69, 9.17) is 9.47 Å². The molecule has 1 atom stereocenters. The van der Waals surface area contributed by atoms with Crippen LogP contribution in [-0.4, -0.2) is 40.3 Å². The molecule has 1 aromatic carbocycles. The van der Waals surface area contributed by atoms with Crippen molar-refractivity contribution in [2.45, 2.75) is 38.6 Å². The number of carboxylic acids is 1. The number of benzene rings is 1. The predicted molar refractivity (Wildman–Crippen MR) is 78.1 cm³/mol. The molecule has 1 aromatic rings. The first kappa shape index (κ1) is 17.9. The Bertz CT molecular complexity index is 511. The number of carboxylic acid groups (broad SMARTS) is 1. The van der Waals surface area contributed by atoms with Gasteiger partial charge in [0, 0.05) is 6.54 Å². The van der Waals surface area contributed by atoms with Crippen LogP contribution in [0.3, 0.4) is 0 Å². The van der Waals surface area contributed by atoms with Gasteiger partial charge in [0.1, 0.15) is 12.2 Å². The summed E-state index contributed by atoms with van der Waals surface area (Å²) < 4.78 is 9.75. The number of carbonyl (C=O) groups is 2. The number of aliphatic hydroxyl groups is 1. The molecule has 7 nitrogen and oxygen atoms in total. The summed E-state index contributed by atoms with van der Waals surface area (Å²) in [6, 6.07) is 8.92. The molecule has 0 spiro atoms. The third kappa shape index (κ3) is 5.34. The average Bonchev–Trinajstić information content (AvgIpc) is 2.42. The zero-order valence-electron chi connectivity index (χ0n) is 12.8. The molecule has 0 saturated carbocycles. The number of nitrogens with one attached hydrogen (secondary N) is 1. The standard InChI is InChI=1S/C15H21NO6/c1-14(2,3)21-13(20)22-15(10-17,12(18)19)16-9-11-7-5-4-6-8-11/h4-8,16-17H,9-10H2,1-3H3,(H,18,19)/t15-/m1/s1. The van der Waals surface area contributed by atoms with E-state index >= 15 is 0 Å². The van der Waals surface area contributed by atoms with Gasteiger partial charge in [0.2, 0.25) is 0 Å². The Morgan fingerprint density at radius 1 is 1.14 bits per heavy atom. The molecule has 0 radical (unpaired) electrons. The first-order valence-corrected chi connectivity index (χ1v) is 6.74. The second kappa shape index (κ2) is 7.24. The van der Waals surface area contributed by atoms with Crippen molar-refractivity contribution in [1.82, 2.24) is 5.32 Å². The highest BCUT2D eigenvalue weighted by atomic mass is 16.8. The Kier molecular flexibility index (Phi) is 5.90. The molecular weight excluding hydrogens is 290 g/mol. The van der Waals surface area contributed by atoms with Crippen molar-refractivity contribution in [2.24, 2.45) is 0 Å². The Hall–Kier alpha value is -2.12. The number of hydrogen-bond donors (Lipinski definition) is 3. The maximum absolute atomic E-state index is 11.7. The lowest BCUT2D eigenvalue weighted by molar-refractivity contribution is -0.174. The first-order chi connectivity index (χ1) is 10.2. The Balaban J connectivity index is 2.81. The average molecular weight is 311 g/mol. The fourth-order valence-corrected chi connectivity index (χ4v) is 1.56. The van der Waals surface area contributed by atoms with Gasteiger partial charge in [-0.25, -0.2) is 9.59 Å². The van der Waals surface area contributed by atoms with Gasteiger partial charge >= 0.3 is 12.1 Å². The number of rotatable bonds is 6. The largest absolute Gasteiger partial charge is 0.511 e. The molecule has 122 valence electrons. The summed E-state index contributed by atoms with van der Waals surface area (Å²) in [6.07, 6.45) is -1.18. The molecule has 0 aliphatic carbocycles. The van der Waals surface area contributed by atoms with Crippen LogP contribution in [0.5, 0.6) is 0 Å². The third-order valence-electron chi connectivity index (χ3n) is 2.64. The minimum Gasteiger partial charge on any atom is -0.477 e. The number of carbonyl (C=O) groups excluding carboxylic acids is 1. The molecule has 0 aliphatic heterocycles. The summed E-state index contributed by atoms with van der Waals surface area (Å²) in [6.45, 7) is 4.01. The molecule has 0 heterocycles. The Morgan fingerprint density at radius 3 is 2.18 bits per heavy atom. The van der Waals surface area contributed by atoms with Gasteiger partial charge in [-0.2, -0.15) is 0 Å². The SMILES string of the molecule is CC(C)(C)OC(=O)O[C@@](CO)(NCc1ccccc1)C(=O)O. The number of aliphatic carboxylic acids is 1. The lowest BCUT2D eigenvalue weighted by Gasteiger charge is -2.29. The zero-order valence-corrected chi connectivity index (χ0v) is 12.8. The maximum atomic E-state index is 11.7. The summed E-state index contributed by atoms with van der Waals surface area (Å²) in [4.78, 5) is 23.1. The van der Waals surface area contributed by atoms with Crippen molar-refractivity contribution < 1.29 is 29.3 Å². The van der Waals surface area contributed by atoms with Gasteiger partial charge < -0.3 is 19.7 Å². The van der Waals surface area contributed by atoms with E-state index < -0.39 is 30.1 Å². The Labute approximate surface area is 128 Å². The summed E-state index contributed by atoms with van der Waals surface area (Å²) in [5.74, 6) is -1.52. The molecule has 7 heteroatoms. The van der Waals surface area contributed by atoms with Gasteiger partial charge in [-0.05, 0) is 26.3 Å². The van der Waals surface area contributed by atoms with Crippen molar-refractivity contribution in [1.29, 1.82) is 0 Å². The zero-order chi connectivity index (χ0) is 16.8. The van der Waals surface area contributed by atoms with Crippen LogP contribution in [0.25, 0.3) is 0 Å². The maximum Gasteiger partial charge on any atom is 0.511 e. The summed E-state index contributed by atoms with van der Waals surface area (Å²) in [5.41, 5.74) is -2.33. The lowest BCUT2D eigenvalue weighted by atomic mass is 10.2. The molecule has 0 bridgehead atoms. The van der Waals surface area contributed by atoms with E-state index in [9.17, 15) is 19.8 Å². The van der Waals surface area contributed by atoms with E-state index in [0.29, 0.717) is 0 Å². The van der Waals surface area contributed by atoms with Crippen molar-refractivity contribution in [3.63, 3.8) is 0 Å². The third-order valence-corrected chi connectivity index (χ3v) is 2.64. The van der Waals surface area contributed by atoms with Crippen LogP contribution in [0.15, 0.2) is 30.3 Å². The number of hydrogen-bond acceptors (Lipinski definition) is 6. The monoisotopic (exact) mass is 311 g/mol. The van der Waals surface area contributed by atoms with Gasteiger partial charge in [-0.1, -0.05) is 30.3 Å². The molecule has 0 amide bonds. The highest BCUT2D eigenvalue weighted by Crippen LogP contribution is 2.15. The molecular formula is C15H21NO6. The smallest absolute Gasteiger partial charge is 0.477 e. The highest BCUT2D eigenvalue weighted by molar-refractivity contribution is 5.80. The Morgan fingerprint density at radius 2 is 1.73 bits per heavy atom. The van der Waals surface area contributed by atoms with E-state index in [1.807, 2.05) is 6.07 Å². The minimum atomic E-state index is -2.27. The number of ether oxygens (including phenoxy) is 2. The fourth-order valence-electron chi connectivity index (χ4n) is 1.56. The van der Waals surface area contributed by atoms with Crippen molar-refractivity contribution in [3.8, 4) is 0 Å². The second-order valence-electron chi connectivity index (χ2n) is 5.70. The van der Waals surface area contributed by atoms with E-state index in [1.54, 1.807) is 45.0 Å². The van der Waals surface area contributed by atoms with Crippen molar-refractivity contribution in [2.75, 3.05) is 6.61 Å². The molecule has 3 N–H and O–H groups in total. The molecule has 1 rings (SSSR count). The van der Waals surface area contributed by atoms with Crippen LogP contribution in [0.1, 0.15) is 26.3 Å².